The number of benzene rings is 2. The molecule has 1 aliphatic rings. The molecule has 0 saturated heterocycles. The molecule has 0 radical (unpaired) electrons. The van der Waals surface area contributed by atoms with Crippen molar-refractivity contribution in [3.63, 3.8) is 0 Å². The minimum atomic E-state index is -2.91. The van der Waals surface area contributed by atoms with Gasteiger partial charge in [-0.1, -0.05) is 44.0 Å². The van der Waals surface area contributed by atoms with Gasteiger partial charge in [-0.25, -0.2) is 4.57 Å². The molecule has 0 N–H and O–H groups in total. The summed E-state index contributed by atoms with van der Waals surface area (Å²) in [6.07, 6.45) is 3.20. The van der Waals surface area contributed by atoms with E-state index in [0.29, 0.717) is 33.4 Å². The summed E-state index contributed by atoms with van der Waals surface area (Å²) in [4.78, 5) is 4.47. The Morgan fingerprint density at radius 1 is 0.968 bits per heavy atom. The van der Waals surface area contributed by atoms with Gasteiger partial charge in [-0.2, -0.15) is 0 Å². The molecule has 3 nitrogen and oxygen atoms in total. The van der Waals surface area contributed by atoms with Crippen LogP contribution in [0, 0.1) is 13.8 Å². The first kappa shape index (κ1) is 11.2. The highest BCUT2D eigenvalue weighted by molar-refractivity contribution is 6.14. The lowest BCUT2D eigenvalue weighted by Gasteiger charge is -2.20. The van der Waals surface area contributed by atoms with E-state index in [1.54, 1.807) is 36.5 Å². The van der Waals surface area contributed by atoms with Crippen LogP contribution < -0.4 is 4.57 Å². The second kappa shape index (κ2) is 6.04. The number of hydrogen-bond donors (Lipinski definition) is 0. The molecular weight excluding hydrogens is 380 g/mol. The SMILES string of the molecule is [2H]C([2H])([2H])c1cc[n+](C)c(-c2c(C)ccc3c2oc2c4c(ccc23)C(C([2H])([2H])[2H])(C([2H])([2H])[2H])c2cccnc2-4)c1. The van der Waals surface area contributed by atoms with Gasteiger partial charge in [0.05, 0.1) is 11.3 Å². The van der Waals surface area contributed by atoms with Crippen molar-refractivity contribution in [3.8, 4) is 22.5 Å². The van der Waals surface area contributed by atoms with Crippen LogP contribution in [0.5, 0.6) is 0 Å². The first-order chi connectivity index (χ1) is 18.6. The fraction of sp³-hybridized carbons (Fsp3) is 0.214. The highest BCUT2D eigenvalue weighted by atomic mass is 16.3. The normalized spacial score (nSPS) is 19.7. The second-order valence-corrected chi connectivity index (χ2v) is 8.16. The maximum Gasteiger partial charge on any atom is 0.216 e. The Balaban J connectivity index is 1.75. The van der Waals surface area contributed by atoms with Crippen molar-refractivity contribution in [1.82, 2.24) is 4.98 Å². The van der Waals surface area contributed by atoms with E-state index >= 15 is 0 Å². The molecule has 31 heavy (non-hydrogen) atoms. The predicted molar refractivity (Wildman–Crippen MR) is 125 cm³/mol. The zero-order valence-electron chi connectivity index (χ0n) is 26.1. The molecule has 0 unspecified atom stereocenters. The summed E-state index contributed by atoms with van der Waals surface area (Å²) in [6, 6.07) is 13.3. The highest BCUT2D eigenvalue weighted by Gasteiger charge is 2.38. The Labute approximate surface area is 194 Å². The van der Waals surface area contributed by atoms with E-state index in [0.717, 1.165) is 10.9 Å². The fourth-order valence-corrected chi connectivity index (χ4v) is 4.74. The molecule has 3 heteroatoms. The van der Waals surface area contributed by atoms with E-state index in [9.17, 15) is 0 Å². The zero-order chi connectivity index (χ0) is 29.0. The molecule has 0 saturated carbocycles. The number of fused-ring (bicyclic) bond motifs is 7. The lowest BCUT2D eigenvalue weighted by molar-refractivity contribution is -0.660. The molecular formula is C28H25N2O+. The minimum Gasteiger partial charge on any atom is -0.454 e. The van der Waals surface area contributed by atoms with Crippen LogP contribution in [0.1, 0.15) is 48.3 Å². The van der Waals surface area contributed by atoms with E-state index < -0.39 is 26.0 Å². The smallest absolute Gasteiger partial charge is 0.216 e. The number of furan rings is 1. The maximum atomic E-state index is 8.44. The van der Waals surface area contributed by atoms with Gasteiger partial charge in [0, 0.05) is 52.4 Å². The molecule has 2 aromatic carbocycles. The standard InChI is InChI=1S/C28H25N2O/c1-16-12-14-30(5)22(15-16)23-17(2)8-9-18-19-10-11-20-24(27(19)31-26(18)23)25-21(28(20,3)4)7-6-13-29-25/h6-15H,1-5H3/q+1/i1D3,3D3,4D3. The molecule has 6 rings (SSSR count). The van der Waals surface area contributed by atoms with Crippen LogP contribution in [0.15, 0.2) is 65.3 Å². The van der Waals surface area contributed by atoms with Crippen LogP contribution in [0.4, 0.5) is 0 Å². The van der Waals surface area contributed by atoms with E-state index in [4.69, 9.17) is 16.8 Å². The summed E-state index contributed by atoms with van der Waals surface area (Å²) in [5, 5.41) is 1.41. The van der Waals surface area contributed by atoms with Crippen molar-refractivity contribution in [2.75, 3.05) is 0 Å². The number of pyridine rings is 2. The van der Waals surface area contributed by atoms with Crippen LogP contribution in [0.2, 0.25) is 0 Å². The van der Waals surface area contributed by atoms with Gasteiger partial charge in [-0.3, -0.25) is 4.98 Å². The molecule has 0 aliphatic heterocycles. The molecule has 3 heterocycles. The van der Waals surface area contributed by atoms with Crippen molar-refractivity contribution in [3.05, 3.63) is 83.2 Å². The van der Waals surface area contributed by atoms with E-state index in [1.807, 2.05) is 30.7 Å². The van der Waals surface area contributed by atoms with Crippen molar-refractivity contribution < 1.29 is 21.3 Å². The number of aromatic nitrogens is 2. The van der Waals surface area contributed by atoms with Crippen LogP contribution in [-0.2, 0) is 12.5 Å². The number of hydrogen-bond acceptors (Lipinski definition) is 2. The third-order valence-corrected chi connectivity index (χ3v) is 6.28. The van der Waals surface area contributed by atoms with Crippen LogP contribution in [-0.4, -0.2) is 4.98 Å². The number of rotatable bonds is 1. The maximum absolute atomic E-state index is 8.44. The second-order valence-electron chi connectivity index (χ2n) is 8.16. The summed E-state index contributed by atoms with van der Waals surface area (Å²) >= 11 is 0. The quantitative estimate of drug-likeness (QED) is 0.297. The predicted octanol–water partition coefficient (Wildman–Crippen LogP) is 6.40. The summed E-state index contributed by atoms with van der Waals surface area (Å²) in [6.45, 7) is -6.22. The topological polar surface area (TPSA) is 29.9 Å². The van der Waals surface area contributed by atoms with Gasteiger partial charge in [0.2, 0.25) is 5.69 Å². The minimum absolute atomic E-state index is 0.117. The third kappa shape index (κ3) is 2.35. The average molecular weight is 415 g/mol. The first-order valence-corrected chi connectivity index (χ1v) is 10.0. The monoisotopic (exact) mass is 414 g/mol. The summed E-state index contributed by atoms with van der Waals surface area (Å²) in [5.74, 6) is 0. The Morgan fingerprint density at radius 2 is 1.77 bits per heavy atom. The Morgan fingerprint density at radius 3 is 2.58 bits per heavy atom. The summed E-state index contributed by atoms with van der Waals surface area (Å²) in [7, 11) is 1.82. The molecule has 1 aliphatic carbocycles. The van der Waals surface area contributed by atoms with E-state index in [-0.39, 0.29) is 22.4 Å². The van der Waals surface area contributed by atoms with Gasteiger partial charge < -0.3 is 4.42 Å². The molecule has 5 aromatic rings. The lowest BCUT2D eigenvalue weighted by Crippen LogP contribution is -2.30. The Hall–Kier alpha value is -3.46. The highest BCUT2D eigenvalue weighted by Crippen LogP contribution is 2.52. The van der Waals surface area contributed by atoms with Crippen molar-refractivity contribution in [2.45, 2.75) is 32.9 Å². The van der Waals surface area contributed by atoms with Crippen LogP contribution >= 0.6 is 0 Å². The first-order valence-electron chi connectivity index (χ1n) is 14.5. The average Bonchev–Trinajstić information content (AvgIpc) is 3.37. The molecule has 0 spiro atoms. The van der Waals surface area contributed by atoms with Gasteiger partial charge in [-0.15, -0.1) is 0 Å². The van der Waals surface area contributed by atoms with Crippen molar-refractivity contribution in [2.24, 2.45) is 7.05 Å². The fourth-order valence-electron chi connectivity index (χ4n) is 4.74. The van der Waals surface area contributed by atoms with Gasteiger partial charge >= 0.3 is 0 Å². The number of aryl methyl sites for hydroxylation is 3. The molecule has 3 aromatic heterocycles. The zero-order valence-corrected chi connectivity index (χ0v) is 17.1. The van der Waals surface area contributed by atoms with Gasteiger partial charge in [0.15, 0.2) is 6.20 Å². The van der Waals surface area contributed by atoms with Crippen molar-refractivity contribution in [1.29, 1.82) is 0 Å². The molecule has 0 fully saturated rings. The third-order valence-electron chi connectivity index (χ3n) is 6.28. The lowest BCUT2D eigenvalue weighted by atomic mass is 9.82. The summed E-state index contributed by atoms with van der Waals surface area (Å²) < 4.78 is 82.7. The largest absolute Gasteiger partial charge is 0.454 e. The Kier molecular flexibility index (Phi) is 2.19. The van der Waals surface area contributed by atoms with Crippen molar-refractivity contribution >= 4 is 21.9 Å². The van der Waals surface area contributed by atoms with E-state index in [1.165, 1.54) is 12.3 Å². The van der Waals surface area contributed by atoms with E-state index in [2.05, 4.69) is 4.98 Å². The molecule has 152 valence electrons. The van der Waals surface area contributed by atoms with Crippen LogP contribution in [0.25, 0.3) is 44.5 Å². The van der Waals surface area contributed by atoms with Crippen LogP contribution in [0.3, 0.4) is 0 Å². The number of nitrogens with zero attached hydrogens (tertiary/aromatic N) is 2. The molecule has 0 amide bonds. The van der Waals surface area contributed by atoms with Gasteiger partial charge in [0.25, 0.3) is 0 Å². The van der Waals surface area contributed by atoms with Gasteiger partial charge in [-0.05, 0) is 42.1 Å². The Bertz CT molecular complexity index is 1830. The molecule has 0 bridgehead atoms. The van der Waals surface area contributed by atoms with Gasteiger partial charge in [0.1, 0.15) is 18.2 Å². The molecule has 0 atom stereocenters. The summed E-state index contributed by atoms with van der Waals surface area (Å²) in [5.41, 5.74) is 1.75.